The average Bonchev–Trinajstić information content (AvgIpc) is 2.79. The second-order valence-corrected chi connectivity index (χ2v) is 5.32. The molecular weight excluding hydrogens is 222 g/mol. The maximum Gasteiger partial charge on any atom is 0.162 e. The van der Waals surface area contributed by atoms with E-state index in [1.807, 2.05) is 0 Å². The molecule has 0 heterocycles. The van der Waals surface area contributed by atoms with E-state index in [9.17, 15) is 13.9 Å². The lowest BCUT2D eigenvalue weighted by atomic mass is 9.99. The van der Waals surface area contributed by atoms with Gasteiger partial charge in [-0.15, -0.1) is 0 Å². The molecule has 0 amide bonds. The lowest BCUT2D eigenvalue weighted by molar-refractivity contribution is 0.134. The molecule has 2 aliphatic carbocycles. The van der Waals surface area contributed by atoms with E-state index in [0.29, 0.717) is 23.3 Å². The molecule has 2 saturated carbocycles. The van der Waals surface area contributed by atoms with Crippen LogP contribution in [0.2, 0.25) is 0 Å². The maximum absolute atomic E-state index is 13.4. The van der Waals surface area contributed by atoms with E-state index in [4.69, 9.17) is 0 Å². The molecule has 2 fully saturated rings. The Bertz CT molecular complexity index is 422. The molecule has 0 bridgehead atoms. The Balaban J connectivity index is 1.69. The van der Waals surface area contributed by atoms with Crippen molar-refractivity contribution in [2.24, 2.45) is 17.8 Å². The molecule has 92 valence electrons. The summed E-state index contributed by atoms with van der Waals surface area (Å²) in [5.74, 6) is -0.0299. The maximum atomic E-state index is 13.4. The Kier molecular flexibility index (Phi) is 2.66. The third kappa shape index (κ3) is 1.86. The second-order valence-electron chi connectivity index (χ2n) is 5.32. The predicted molar refractivity (Wildman–Crippen MR) is 60.4 cm³/mol. The van der Waals surface area contributed by atoms with Crippen molar-refractivity contribution < 1.29 is 13.9 Å². The quantitative estimate of drug-likeness (QED) is 0.858. The Morgan fingerprint density at radius 3 is 2.65 bits per heavy atom. The van der Waals surface area contributed by atoms with Crippen LogP contribution in [0, 0.1) is 29.4 Å². The summed E-state index contributed by atoms with van der Waals surface area (Å²) < 4.78 is 26.5. The van der Waals surface area contributed by atoms with Gasteiger partial charge in [0.1, 0.15) is 0 Å². The summed E-state index contributed by atoms with van der Waals surface area (Å²) in [7, 11) is 0. The average molecular weight is 238 g/mol. The van der Waals surface area contributed by atoms with Crippen LogP contribution in [-0.4, -0.2) is 11.2 Å². The Labute approximate surface area is 99.5 Å². The number of aliphatic hydroxyl groups is 1. The molecule has 1 aromatic carbocycles. The summed E-state index contributed by atoms with van der Waals surface area (Å²) >= 11 is 0. The summed E-state index contributed by atoms with van der Waals surface area (Å²) in [5, 5.41) is 10.1. The summed E-state index contributed by atoms with van der Waals surface area (Å²) in [4.78, 5) is 0. The SMILES string of the molecule is OC(Cc1cccc(F)c1F)C1C2CCCC21. The highest BCUT2D eigenvalue weighted by Crippen LogP contribution is 2.59. The molecule has 3 rings (SSSR count). The van der Waals surface area contributed by atoms with Gasteiger partial charge in [0.05, 0.1) is 6.10 Å². The minimum absolute atomic E-state index is 0.237. The normalized spacial score (nSPS) is 32.3. The van der Waals surface area contributed by atoms with Gasteiger partial charge >= 0.3 is 0 Å². The van der Waals surface area contributed by atoms with Crippen LogP contribution in [0.3, 0.4) is 0 Å². The molecule has 1 nitrogen and oxygen atoms in total. The first-order valence-electron chi connectivity index (χ1n) is 6.29. The number of benzene rings is 1. The van der Waals surface area contributed by atoms with Gasteiger partial charge in [-0.3, -0.25) is 0 Å². The van der Waals surface area contributed by atoms with Crippen molar-refractivity contribution in [2.75, 3.05) is 0 Å². The number of rotatable bonds is 3. The number of hydrogen-bond donors (Lipinski definition) is 1. The van der Waals surface area contributed by atoms with Crippen LogP contribution in [0.4, 0.5) is 8.78 Å². The number of fused-ring (bicyclic) bond motifs is 1. The topological polar surface area (TPSA) is 20.2 Å². The van der Waals surface area contributed by atoms with E-state index in [0.717, 1.165) is 6.07 Å². The van der Waals surface area contributed by atoms with Crippen molar-refractivity contribution in [3.8, 4) is 0 Å². The van der Waals surface area contributed by atoms with Gasteiger partial charge in [0.25, 0.3) is 0 Å². The van der Waals surface area contributed by atoms with Crippen molar-refractivity contribution in [3.05, 3.63) is 35.4 Å². The van der Waals surface area contributed by atoms with Crippen LogP contribution in [0.1, 0.15) is 24.8 Å². The van der Waals surface area contributed by atoms with Gasteiger partial charge in [-0.1, -0.05) is 18.6 Å². The first kappa shape index (κ1) is 11.1. The number of aliphatic hydroxyl groups excluding tert-OH is 1. The van der Waals surface area contributed by atoms with Crippen LogP contribution in [0.5, 0.6) is 0 Å². The van der Waals surface area contributed by atoms with Gasteiger partial charge in [-0.25, -0.2) is 8.78 Å². The standard InChI is InChI=1S/C14H16F2O/c15-11-6-1-3-8(14(11)16)7-12(17)13-9-4-2-5-10(9)13/h1,3,6,9-10,12-13,17H,2,4-5,7H2. The number of halogens is 2. The van der Waals surface area contributed by atoms with Crippen LogP contribution in [-0.2, 0) is 6.42 Å². The zero-order valence-corrected chi connectivity index (χ0v) is 9.57. The summed E-state index contributed by atoms with van der Waals surface area (Å²) in [6, 6.07) is 4.16. The predicted octanol–water partition coefficient (Wildman–Crippen LogP) is 2.91. The highest BCUT2D eigenvalue weighted by atomic mass is 19.2. The van der Waals surface area contributed by atoms with Gasteiger partial charge in [-0.05, 0) is 42.2 Å². The molecule has 0 aliphatic heterocycles. The van der Waals surface area contributed by atoms with Crippen molar-refractivity contribution in [3.63, 3.8) is 0 Å². The zero-order chi connectivity index (χ0) is 12.0. The summed E-state index contributed by atoms with van der Waals surface area (Å²) in [6.07, 6.45) is 3.37. The monoisotopic (exact) mass is 238 g/mol. The fourth-order valence-corrected chi connectivity index (χ4v) is 3.52. The van der Waals surface area contributed by atoms with E-state index in [2.05, 4.69) is 0 Å². The van der Waals surface area contributed by atoms with E-state index in [1.54, 1.807) is 6.07 Å². The Morgan fingerprint density at radius 1 is 1.24 bits per heavy atom. The third-order valence-electron chi connectivity index (χ3n) is 4.38. The van der Waals surface area contributed by atoms with Crippen molar-refractivity contribution in [2.45, 2.75) is 31.8 Å². The van der Waals surface area contributed by atoms with Crippen molar-refractivity contribution in [1.82, 2.24) is 0 Å². The summed E-state index contributed by atoms with van der Waals surface area (Å²) in [6.45, 7) is 0. The molecule has 2 aliphatic rings. The zero-order valence-electron chi connectivity index (χ0n) is 9.57. The van der Waals surface area contributed by atoms with Crippen LogP contribution in [0.15, 0.2) is 18.2 Å². The minimum atomic E-state index is -0.828. The molecule has 0 aromatic heterocycles. The molecule has 0 spiro atoms. The minimum Gasteiger partial charge on any atom is -0.392 e. The van der Waals surface area contributed by atoms with Crippen molar-refractivity contribution >= 4 is 0 Å². The third-order valence-corrected chi connectivity index (χ3v) is 4.38. The van der Waals surface area contributed by atoms with E-state index in [1.165, 1.54) is 25.3 Å². The van der Waals surface area contributed by atoms with Gasteiger partial charge in [0.15, 0.2) is 11.6 Å². The molecule has 1 aromatic rings. The molecule has 3 unspecified atom stereocenters. The Hall–Kier alpha value is -0.960. The lowest BCUT2D eigenvalue weighted by Crippen LogP contribution is -2.17. The van der Waals surface area contributed by atoms with E-state index < -0.39 is 17.7 Å². The molecule has 17 heavy (non-hydrogen) atoms. The molecule has 3 heteroatoms. The fraction of sp³-hybridized carbons (Fsp3) is 0.571. The first-order valence-corrected chi connectivity index (χ1v) is 6.29. The Morgan fingerprint density at radius 2 is 1.94 bits per heavy atom. The molecule has 0 radical (unpaired) electrons. The van der Waals surface area contributed by atoms with Gasteiger partial charge in [0, 0.05) is 6.42 Å². The van der Waals surface area contributed by atoms with Crippen LogP contribution < -0.4 is 0 Å². The second kappa shape index (κ2) is 4.05. The number of hydrogen-bond acceptors (Lipinski definition) is 1. The van der Waals surface area contributed by atoms with Gasteiger partial charge < -0.3 is 5.11 Å². The fourth-order valence-electron chi connectivity index (χ4n) is 3.52. The van der Waals surface area contributed by atoms with Crippen LogP contribution in [0.25, 0.3) is 0 Å². The van der Waals surface area contributed by atoms with Crippen LogP contribution >= 0.6 is 0 Å². The van der Waals surface area contributed by atoms with Crippen molar-refractivity contribution in [1.29, 1.82) is 0 Å². The lowest BCUT2D eigenvalue weighted by Gasteiger charge is -2.13. The summed E-state index contributed by atoms with van der Waals surface area (Å²) in [5.41, 5.74) is 0.294. The molecule has 1 N–H and O–H groups in total. The molecular formula is C14H16F2O. The molecule has 0 saturated heterocycles. The van der Waals surface area contributed by atoms with E-state index >= 15 is 0 Å². The highest BCUT2D eigenvalue weighted by Gasteiger charge is 2.55. The van der Waals surface area contributed by atoms with Gasteiger partial charge in [0.2, 0.25) is 0 Å². The molecule has 3 atom stereocenters. The first-order chi connectivity index (χ1) is 8.18. The van der Waals surface area contributed by atoms with Gasteiger partial charge in [-0.2, -0.15) is 0 Å². The smallest absolute Gasteiger partial charge is 0.162 e. The van der Waals surface area contributed by atoms with E-state index in [-0.39, 0.29) is 6.42 Å². The highest BCUT2D eigenvalue weighted by molar-refractivity contribution is 5.21. The largest absolute Gasteiger partial charge is 0.392 e.